The van der Waals surface area contributed by atoms with Crippen molar-refractivity contribution in [3.8, 4) is 0 Å². The molecule has 29 heavy (non-hydrogen) atoms. The van der Waals surface area contributed by atoms with Crippen molar-refractivity contribution in [3.05, 3.63) is 96.5 Å². The number of hydrogen-bond acceptors (Lipinski definition) is 5. The average Bonchev–Trinajstić information content (AvgIpc) is 3.17. The van der Waals surface area contributed by atoms with Crippen LogP contribution in [-0.4, -0.2) is 25.4 Å². The third-order valence-electron chi connectivity index (χ3n) is 4.17. The van der Waals surface area contributed by atoms with E-state index < -0.39 is 0 Å². The molecule has 0 saturated carbocycles. The van der Waals surface area contributed by atoms with Crippen LogP contribution in [-0.2, 0) is 6.54 Å². The Morgan fingerprint density at radius 2 is 1.90 bits per heavy atom. The van der Waals surface area contributed by atoms with E-state index in [9.17, 15) is 9.18 Å². The first-order chi connectivity index (χ1) is 14.2. The summed E-state index contributed by atoms with van der Waals surface area (Å²) in [7, 11) is 0. The number of benzene rings is 2. The van der Waals surface area contributed by atoms with Crippen LogP contribution in [0.5, 0.6) is 0 Å². The summed E-state index contributed by atoms with van der Waals surface area (Å²) >= 11 is 0. The molecule has 0 atom stereocenters. The van der Waals surface area contributed by atoms with Gasteiger partial charge in [-0.3, -0.25) is 15.1 Å². The van der Waals surface area contributed by atoms with Gasteiger partial charge < -0.3 is 9.88 Å². The topological polar surface area (TPSA) is 84.7 Å². The number of anilines is 3. The van der Waals surface area contributed by atoms with Crippen molar-refractivity contribution in [2.45, 2.75) is 6.54 Å². The van der Waals surface area contributed by atoms with Crippen molar-refractivity contribution in [1.82, 2.24) is 19.5 Å². The highest BCUT2D eigenvalue weighted by atomic mass is 19.1. The normalized spacial score (nSPS) is 10.5. The quantitative estimate of drug-likeness (QED) is 0.524. The summed E-state index contributed by atoms with van der Waals surface area (Å²) in [6.07, 6.45) is 8.12. The zero-order valence-electron chi connectivity index (χ0n) is 15.3. The number of halogens is 1. The van der Waals surface area contributed by atoms with Crippen LogP contribution in [0.1, 0.15) is 15.9 Å². The molecule has 0 saturated heterocycles. The summed E-state index contributed by atoms with van der Waals surface area (Å²) in [6.45, 7) is 0.462. The van der Waals surface area contributed by atoms with Crippen LogP contribution in [0.15, 0.2) is 79.5 Å². The van der Waals surface area contributed by atoms with Gasteiger partial charge in [0.15, 0.2) is 0 Å². The lowest BCUT2D eigenvalue weighted by molar-refractivity contribution is 0.102. The van der Waals surface area contributed by atoms with Crippen LogP contribution in [0.3, 0.4) is 0 Å². The Balaban J connectivity index is 1.47. The number of rotatable bonds is 6. The van der Waals surface area contributed by atoms with Crippen LogP contribution in [0, 0.1) is 5.82 Å². The minimum Gasteiger partial charge on any atom is -0.339 e. The number of aromatic nitrogens is 4. The zero-order valence-corrected chi connectivity index (χ0v) is 15.3. The smallest absolute Gasteiger partial charge is 0.258 e. The fourth-order valence-electron chi connectivity index (χ4n) is 2.77. The first kappa shape index (κ1) is 18.3. The number of carbonyl (C=O) groups excluding carboxylic acids is 1. The van der Waals surface area contributed by atoms with Crippen LogP contribution in [0.2, 0.25) is 0 Å². The number of carbonyl (C=O) groups is 1. The molecule has 2 aromatic carbocycles. The Labute approximate surface area is 166 Å². The molecule has 144 valence electrons. The van der Waals surface area contributed by atoms with E-state index >= 15 is 0 Å². The van der Waals surface area contributed by atoms with E-state index in [1.54, 1.807) is 65.9 Å². The van der Waals surface area contributed by atoms with Gasteiger partial charge in [0.1, 0.15) is 11.6 Å². The number of hydrogen-bond donors (Lipinski definition) is 2. The first-order valence-corrected chi connectivity index (χ1v) is 8.87. The Bertz CT molecular complexity index is 1110. The second kappa shape index (κ2) is 8.30. The van der Waals surface area contributed by atoms with Crippen molar-refractivity contribution in [2.75, 3.05) is 10.6 Å². The first-order valence-electron chi connectivity index (χ1n) is 8.87. The summed E-state index contributed by atoms with van der Waals surface area (Å²) in [5, 5.41) is 5.91. The highest BCUT2D eigenvalue weighted by molar-refractivity contribution is 6.04. The van der Waals surface area contributed by atoms with Crippen molar-refractivity contribution in [2.24, 2.45) is 0 Å². The maximum Gasteiger partial charge on any atom is 0.258 e. The van der Waals surface area contributed by atoms with Crippen molar-refractivity contribution >= 4 is 23.4 Å². The summed E-state index contributed by atoms with van der Waals surface area (Å²) in [6, 6.07) is 13.2. The van der Waals surface area contributed by atoms with Gasteiger partial charge in [0.2, 0.25) is 5.95 Å². The number of nitrogens with zero attached hydrogens (tertiary/aromatic N) is 4. The van der Waals surface area contributed by atoms with Gasteiger partial charge in [0.25, 0.3) is 5.91 Å². The lowest BCUT2D eigenvalue weighted by Gasteiger charge is -2.10. The van der Waals surface area contributed by atoms with Crippen LogP contribution < -0.4 is 10.6 Å². The molecule has 0 unspecified atom stereocenters. The highest BCUT2D eigenvalue weighted by Crippen LogP contribution is 2.17. The van der Waals surface area contributed by atoms with Gasteiger partial charge in [0, 0.05) is 36.0 Å². The van der Waals surface area contributed by atoms with Gasteiger partial charge >= 0.3 is 0 Å². The SMILES string of the molecule is O=C(Nc1nccn1Cc1ccc(F)cc1)c1cccc(Nc2cnccn2)c1. The van der Waals surface area contributed by atoms with Gasteiger partial charge in [-0.1, -0.05) is 18.2 Å². The van der Waals surface area contributed by atoms with Gasteiger partial charge in [-0.15, -0.1) is 0 Å². The highest BCUT2D eigenvalue weighted by Gasteiger charge is 2.11. The van der Waals surface area contributed by atoms with E-state index in [4.69, 9.17) is 0 Å². The molecular formula is C21H17FN6O. The van der Waals surface area contributed by atoms with E-state index in [0.29, 0.717) is 29.6 Å². The molecule has 0 fully saturated rings. The van der Waals surface area contributed by atoms with Crippen LogP contribution in [0.4, 0.5) is 21.8 Å². The summed E-state index contributed by atoms with van der Waals surface area (Å²) in [4.78, 5) is 25.1. The number of nitrogens with one attached hydrogen (secondary N) is 2. The van der Waals surface area contributed by atoms with Gasteiger partial charge in [0.05, 0.1) is 12.7 Å². The maximum atomic E-state index is 13.1. The Morgan fingerprint density at radius 1 is 1.03 bits per heavy atom. The second-order valence-electron chi connectivity index (χ2n) is 6.26. The fourth-order valence-corrected chi connectivity index (χ4v) is 2.77. The number of imidazole rings is 1. The molecule has 4 aromatic rings. The van der Waals surface area contributed by atoms with Crippen LogP contribution >= 0.6 is 0 Å². The van der Waals surface area contributed by atoms with E-state index in [1.807, 2.05) is 6.07 Å². The molecule has 0 aliphatic carbocycles. The standard InChI is InChI=1S/C21H17FN6O/c22-17-6-4-15(5-7-17)14-28-11-10-25-21(28)27-20(29)16-2-1-3-18(12-16)26-19-13-23-8-9-24-19/h1-13H,14H2,(H,24,26)(H,25,27,29). The summed E-state index contributed by atoms with van der Waals surface area (Å²) < 4.78 is 14.9. The molecule has 0 spiro atoms. The zero-order chi connectivity index (χ0) is 20.1. The Kier molecular flexibility index (Phi) is 5.24. The molecule has 2 aromatic heterocycles. The predicted octanol–water partition coefficient (Wildman–Crippen LogP) is 3.86. The number of amides is 1. The van der Waals surface area contributed by atoms with Crippen LogP contribution in [0.25, 0.3) is 0 Å². The minimum absolute atomic E-state index is 0.289. The molecule has 8 heteroatoms. The van der Waals surface area contributed by atoms with E-state index in [2.05, 4.69) is 25.6 Å². The Hall–Kier alpha value is -4.07. The lowest BCUT2D eigenvalue weighted by Crippen LogP contribution is -2.16. The van der Waals surface area contributed by atoms with Gasteiger partial charge in [-0.2, -0.15) is 0 Å². The lowest BCUT2D eigenvalue weighted by atomic mass is 10.2. The molecule has 0 bridgehead atoms. The fraction of sp³-hybridized carbons (Fsp3) is 0.0476. The third kappa shape index (κ3) is 4.62. The van der Waals surface area contributed by atoms with E-state index in [-0.39, 0.29) is 11.7 Å². The van der Waals surface area contributed by atoms with Gasteiger partial charge in [-0.25, -0.2) is 14.4 Å². The molecular weight excluding hydrogens is 371 g/mol. The van der Waals surface area contributed by atoms with Crippen molar-refractivity contribution in [1.29, 1.82) is 0 Å². The monoisotopic (exact) mass is 388 g/mol. The van der Waals surface area contributed by atoms with E-state index in [1.165, 1.54) is 12.1 Å². The average molecular weight is 388 g/mol. The summed E-state index contributed by atoms with van der Waals surface area (Å²) in [5.41, 5.74) is 2.08. The second-order valence-corrected chi connectivity index (χ2v) is 6.26. The maximum absolute atomic E-state index is 13.1. The third-order valence-corrected chi connectivity index (χ3v) is 4.17. The molecule has 0 radical (unpaired) electrons. The van der Waals surface area contributed by atoms with E-state index in [0.717, 1.165) is 5.56 Å². The molecule has 0 aliphatic heterocycles. The van der Waals surface area contributed by atoms with Gasteiger partial charge in [-0.05, 0) is 35.9 Å². The van der Waals surface area contributed by atoms with Crippen molar-refractivity contribution < 1.29 is 9.18 Å². The molecule has 2 N–H and O–H groups in total. The molecule has 0 aliphatic rings. The molecule has 1 amide bonds. The summed E-state index contributed by atoms with van der Waals surface area (Å²) in [5.74, 6) is 0.411. The molecule has 2 heterocycles. The predicted molar refractivity (Wildman–Crippen MR) is 107 cm³/mol. The molecule has 4 rings (SSSR count). The largest absolute Gasteiger partial charge is 0.339 e. The Morgan fingerprint density at radius 3 is 2.69 bits per heavy atom. The minimum atomic E-state index is -0.292. The molecule has 7 nitrogen and oxygen atoms in total. The van der Waals surface area contributed by atoms with Crippen molar-refractivity contribution in [3.63, 3.8) is 0 Å².